The fourth-order valence-electron chi connectivity index (χ4n) is 2.88. The number of hydrogen-bond acceptors (Lipinski definition) is 8. The topological polar surface area (TPSA) is 133 Å². The van der Waals surface area contributed by atoms with Crippen LogP contribution in [-0.2, 0) is 0 Å². The molecule has 9 nitrogen and oxygen atoms in total. The molecular formula is C17H13Cl3FN9. The zero-order valence-electron chi connectivity index (χ0n) is 15.2. The summed E-state index contributed by atoms with van der Waals surface area (Å²) in [5, 5.41) is 7.63. The summed E-state index contributed by atoms with van der Waals surface area (Å²) in [7, 11) is 0. The quantitative estimate of drug-likeness (QED) is 0.409. The standard InChI is InChI=1S/C17H13Cl3FN9/c1-6(25-15-11(19)14(22)27-17(23)28-15)9-5-30-16(10(18)13(20)29-30)26-12(9)7-2-8(21)4-24-3-7/h2-6H,1H3,(H5,22,23,25,27,28)/t6-/m0/s1. The van der Waals surface area contributed by atoms with Crippen molar-refractivity contribution in [3.05, 3.63) is 51.2 Å². The minimum Gasteiger partial charge on any atom is -0.382 e. The average molecular weight is 469 g/mol. The van der Waals surface area contributed by atoms with Crippen LogP contribution in [0.25, 0.3) is 16.9 Å². The predicted octanol–water partition coefficient (Wildman–Crippen LogP) is 4.02. The molecule has 0 fully saturated rings. The van der Waals surface area contributed by atoms with Crippen molar-refractivity contribution >= 4 is 58.0 Å². The van der Waals surface area contributed by atoms with Gasteiger partial charge in [0.25, 0.3) is 0 Å². The molecule has 0 aliphatic rings. The first kappa shape index (κ1) is 20.3. The number of pyridine rings is 1. The molecule has 0 radical (unpaired) electrons. The molecule has 154 valence electrons. The number of nitrogens with two attached hydrogens (primary N) is 2. The third kappa shape index (κ3) is 3.64. The fourth-order valence-corrected chi connectivity index (χ4v) is 3.35. The van der Waals surface area contributed by atoms with E-state index in [1.165, 1.54) is 16.8 Å². The van der Waals surface area contributed by atoms with Gasteiger partial charge in [0.05, 0.1) is 17.9 Å². The first-order chi connectivity index (χ1) is 14.2. The van der Waals surface area contributed by atoms with Gasteiger partial charge in [-0.15, -0.1) is 0 Å². The second kappa shape index (κ2) is 7.71. The molecule has 0 aliphatic heterocycles. The summed E-state index contributed by atoms with van der Waals surface area (Å²) in [5.41, 5.74) is 13.2. The van der Waals surface area contributed by atoms with Gasteiger partial charge in [-0.3, -0.25) is 4.98 Å². The molecule has 0 saturated carbocycles. The summed E-state index contributed by atoms with van der Waals surface area (Å²) in [5.74, 6) is -0.292. The maximum Gasteiger partial charge on any atom is 0.224 e. The highest BCUT2D eigenvalue weighted by Crippen LogP contribution is 2.34. The van der Waals surface area contributed by atoms with Crippen LogP contribution in [0.4, 0.5) is 22.0 Å². The predicted molar refractivity (Wildman–Crippen MR) is 114 cm³/mol. The van der Waals surface area contributed by atoms with E-state index in [1.54, 1.807) is 6.20 Å². The Morgan fingerprint density at radius 3 is 2.60 bits per heavy atom. The first-order valence-corrected chi connectivity index (χ1v) is 9.58. The molecule has 0 spiro atoms. The molecule has 0 saturated heterocycles. The maximum absolute atomic E-state index is 13.8. The lowest BCUT2D eigenvalue weighted by Crippen LogP contribution is -2.14. The lowest BCUT2D eigenvalue weighted by molar-refractivity contribution is 0.622. The second-order valence-electron chi connectivity index (χ2n) is 6.31. The molecule has 0 aromatic carbocycles. The van der Waals surface area contributed by atoms with Crippen molar-refractivity contribution in [3.8, 4) is 11.3 Å². The van der Waals surface area contributed by atoms with Crippen LogP contribution in [0.1, 0.15) is 18.5 Å². The van der Waals surface area contributed by atoms with Crippen molar-refractivity contribution in [2.75, 3.05) is 16.8 Å². The molecule has 30 heavy (non-hydrogen) atoms. The van der Waals surface area contributed by atoms with Gasteiger partial charge in [-0.25, -0.2) is 13.9 Å². The third-order valence-corrected chi connectivity index (χ3v) is 5.32. The van der Waals surface area contributed by atoms with Crippen LogP contribution in [0.15, 0.2) is 24.7 Å². The molecule has 5 N–H and O–H groups in total. The van der Waals surface area contributed by atoms with Crippen LogP contribution in [0.2, 0.25) is 15.2 Å². The minimum absolute atomic E-state index is 0.0348. The van der Waals surface area contributed by atoms with E-state index < -0.39 is 11.9 Å². The Kier molecular flexibility index (Phi) is 5.22. The highest BCUT2D eigenvalue weighted by atomic mass is 35.5. The molecule has 0 unspecified atom stereocenters. The molecule has 0 aliphatic carbocycles. The molecule has 4 heterocycles. The highest BCUT2D eigenvalue weighted by Gasteiger charge is 2.21. The monoisotopic (exact) mass is 467 g/mol. The zero-order valence-corrected chi connectivity index (χ0v) is 17.5. The second-order valence-corrected chi connectivity index (χ2v) is 7.42. The van der Waals surface area contributed by atoms with Crippen LogP contribution in [0.3, 0.4) is 0 Å². The van der Waals surface area contributed by atoms with Gasteiger partial charge in [0.1, 0.15) is 21.7 Å². The molecule has 1 atom stereocenters. The van der Waals surface area contributed by atoms with E-state index in [2.05, 4.69) is 30.4 Å². The smallest absolute Gasteiger partial charge is 0.224 e. The van der Waals surface area contributed by atoms with E-state index in [0.29, 0.717) is 22.5 Å². The Morgan fingerprint density at radius 1 is 1.10 bits per heavy atom. The van der Waals surface area contributed by atoms with E-state index >= 15 is 0 Å². The van der Waals surface area contributed by atoms with Crippen LogP contribution in [0.5, 0.6) is 0 Å². The normalized spacial score (nSPS) is 12.3. The highest BCUT2D eigenvalue weighted by molar-refractivity contribution is 6.43. The molecular weight excluding hydrogens is 456 g/mol. The number of nitrogens with one attached hydrogen (secondary N) is 1. The summed E-state index contributed by atoms with van der Waals surface area (Å²) >= 11 is 18.4. The Balaban J connectivity index is 1.87. The van der Waals surface area contributed by atoms with E-state index in [4.69, 9.17) is 46.3 Å². The maximum atomic E-state index is 13.8. The third-order valence-electron chi connectivity index (χ3n) is 4.23. The number of anilines is 3. The van der Waals surface area contributed by atoms with E-state index in [-0.39, 0.29) is 32.8 Å². The Bertz CT molecular complexity index is 1280. The molecule has 4 aromatic heterocycles. The Morgan fingerprint density at radius 2 is 1.87 bits per heavy atom. The van der Waals surface area contributed by atoms with Gasteiger partial charge in [-0.2, -0.15) is 15.1 Å². The van der Waals surface area contributed by atoms with Crippen molar-refractivity contribution in [1.82, 2.24) is 29.5 Å². The number of nitrogen functional groups attached to an aromatic ring is 2. The number of fused-ring (bicyclic) bond motifs is 1. The number of aromatic nitrogens is 6. The molecule has 4 aromatic rings. The summed E-state index contributed by atoms with van der Waals surface area (Å²) in [6.07, 6.45) is 4.25. The largest absolute Gasteiger partial charge is 0.382 e. The zero-order chi connectivity index (χ0) is 21.6. The van der Waals surface area contributed by atoms with Crippen LogP contribution in [-0.4, -0.2) is 29.5 Å². The van der Waals surface area contributed by atoms with Gasteiger partial charge in [-0.1, -0.05) is 34.8 Å². The van der Waals surface area contributed by atoms with Crippen LogP contribution < -0.4 is 16.8 Å². The van der Waals surface area contributed by atoms with Crippen molar-refractivity contribution in [1.29, 1.82) is 0 Å². The van der Waals surface area contributed by atoms with Crippen LogP contribution >= 0.6 is 34.8 Å². The number of halogens is 4. The van der Waals surface area contributed by atoms with E-state index in [9.17, 15) is 4.39 Å². The first-order valence-electron chi connectivity index (χ1n) is 8.44. The summed E-state index contributed by atoms with van der Waals surface area (Å²) in [6, 6.07) is 0.856. The lowest BCUT2D eigenvalue weighted by atomic mass is 10.0. The Hall–Kier alpha value is -2.95. The van der Waals surface area contributed by atoms with Gasteiger partial charge in [-0.05, 0) is 13.0 Å². The summed E-state index contributed by atoms with van der Waals surface area (Å²) in [4.78, 5) is 16.3. The molecule has 13 heteroatoms. The molecule has 0 bridgehead atoms. The van der Waals surface area contributed by atoms with Gasteiger partial charge in [0, 0.05) is 23.5 Å². The van der Waals surface area contributed by atoms with Crippen molar-refractivity contribution < 1.29 is 4.39 Å². The minimum atomic E-state index is -0.516. The van der Waals surface area contributed by atoms with E-state index in [1.807, 2.05) is 6.92 Å². The fraction of sp³-hybridized carbons (Fsp3) is 0.118. The van der Waals surface area contributed by atoms with Crippen molar-refractivity contribution in [2.24, 2.45) is 0 Å². The molecule has 4 rings (SSSR count). The van der Waals surface area contributed by atoms with Gasteiger partial charge in [0.15, 0.2) is 16.6 Å². The molecule has 0 amide bonds. The summed E-state index contributed by atoms with van der Waals surface area (Å²) in [6.45, 7) is 1.82. The van der Waals surface area contributed by atoms with Crippen molar-refractivity contribution in [3.63, 3.8) is 0 Å². The average Bonchev–Trinajstić information content (AvgIpc) is 2.98. The van der Waals surface area contributed by atoms with E-state index in [0.717, 1.165) is 6.20 Å². The van der Waals surface area contributed by atoms with Gasteiger partial charge < -0.3 is 16.8 Å². The SMILES string of the molecule is C[C@H](Nc1nc(N)nc(N)c1Cl)c1cn2nc(Cl)c(Cl)c2nc1-c1cncc(F)c1. The lowest BCUT2D eigenvalue weighted by Gasteiger charge is -2.19. The number of hydrogen-bond donors (Lipinski definition) is 3. The van der Waals surface area contributed by atoms with Gasteiger partial charge in [0.2, 0.25) is 5.95 Å². The number of rotatable bonds is 4. The van der Waals surface area contributed by atoms with Crippen molar-refractivity contribution in [2.45, 2.75) is 13.0 Å². The number of nitrogens with zero attached hydrogens (tertiary/aromatic N) is 6. The summed E-state index contributed by atoms with van der Waals surface area (Å²) < 4.78 is 15.3. The van der Waals surface area contributed by atoms with Crippen LogP contribution in [0, 0.1) is 5.82 Å². The Labute approximate surface area is 184 Å². The van der Waals surface area contributed by atoms with Gasteiger partial charge >= 0.3 is 0 Å².